The molecular weight excluding hydrogens is 260 g/mol. The van der Waals surface area contributed by atoms with Gasteiger partial charge in [0.25, 0.3) is 0 Å². The van der Waals surface area contributed by atoms with Crippen LogP contribution < -0.4 is 10.1 Å². The fourth-order valence-electron chi connectivity index (χ4n) is 2.78. The van der Waals surface area contributed by atoms with Gasteiger partial charge in [0, 0.05) is 23.3 Å². The third-order valence-corrected chi connectivity index (χ3v) is 3.62. The van der Waals surface area contributed by atoms with E-state index in [4.69, 9.17) is 9.72 Å². The minimum absolute atomic E-state index is 0.442. The van der Waals surface area contributed by atoms with Gasteiger partial charge >= 0.3 is 0 Å². The van der Waals surface area contributed by atoms with Crippen LogP contribution in [0.4, 0.5) is 5.69 Å². The van der Waals surface area contributed by atoms with Crippen LogP contribution >= 0.6 is 0 Å². The molecule has 0 spiro atoms. The van der Waals surface area contributed by atoms with Crippen LogP contribution in [0.3, 0.4) is 0 Å². The van der Waals surface area contributed by atoms with Crippen molar-refractivity contribution in [3.63, 3.8) is 0 Å². The summed E-state index contributed by atoms with van der Waals surface area (Å²) in [6.07, 6.45) is 1.10. The van der Waals surface area contributed by atoms with E-state index in [-0.39, 0.29) is 0 Å². The molecule has 0 saturated heterocycles. The summed E-state index contributed by atoms with van der Waals surface area (Å²) in [4.78, 5) is 4.77. The van der Waals surface area contributed by atoms with Gasteiger partial charge in [-0.05, 0) is 49.9 Å². The van der Waals surface area contributed by atoms with E-state index in [2.05, 4.69) is 45.1 Å². The average Bonchev–Trinajstić information content (AvgIpc) is 2.44. The molecule has 21 heavy (non-hydrogen) atoms. The Morgan fingerprint density at radius 2 is 2.00 bits per heavy atom. The summed E-state index contributed by atoms with van der Waals surface area (Å²) in [5, 5.41) is 4.76. The minimum Gasteiger partial charge on any atom is -0.494 e. The summed E-state index contributed by atoms with van der Waals surface area (Å²) >= 11 is 0. The molecule has 0 saturated carbocycles. The smallest absolute Gasteiger partial charge is 0.120 e. The second kappa shape index (κ2) is 6.79. The van der Waals surface area contributed by atoms with E-state index in [1.54, 1.807) is 0 Å². The Labute approximate surface area is 127 Å². The average molecular weight is 286 g/mol. The van der Waals surface area contributed by atoms with Gasteiger partial charge < -0.3 is 10.1 Å². The van der Waals surface area contributed by atoms with Gasteiger partial charge in [-0.15, -0.1) is 0 Å². The fourth-order valence-corrected chi connectivity index (χ4v) is 2.78. The van der Waals surface area contributed by atoms with E-state index in [0.717, 1.165) is 35.3 Å². The molecule has 3 heteroatoms. The summed E-state index contributed by atoms with van der Waals surface area (Å²) in [6.45, 7) is 12.4. The summed E-state index contributed by atoms with van der Waals surface area (Å²) in [5.74, 6) is 1.35. The number of aromatic nitrogens is 1. The number of anilines is 1. The fraction of sp³-hybridized carbons (Fsp3) is 0.500. The number of rotatable bonds is 6. The van der Waals surface area contributed by atoms with Crippen LogP contribution in [-0.4, -0.2) is 18.1 Å². The molecule has 0 fully saturated rings. The van der Waals surface area contributed by atoms with E-state index >= 15 is 0 Å². The highest BCUT2D eigenvalue weighted by Crippen LogP contribution is 2.35. The van der Waals surface area contributed by atoms with Crippen LogP contribution in [0, 0.1) is 6.92 Å². The molecule has 0 amide bonds. The van der Waals surface area contributed by atoms with Gasteiger partial charge in [0.1, 0.15) is 5.75 Å². The Hall–Kier alpha value is -1.77. The SMILES string of the molecule is CCCNc1c(C(C)C)c(C)nc2ccc(OCC)cc12. The van der Waals surface area contributed by atoms with E-state index in [1.807, 2.05) is 13.0 Å². The molecule has 1 heterocycles. The maximum atomic E-state index is 5.65. The molecule has 0 unspecified atom stereocenters. The molecule has 0 radical (unpaired) electrons. The van der Waals surface area contributed by atoms with E-state index in [0.29, 0.717) is 12.5 Å². The quantitative estimate of drug-likeness (QED) is 0.821. The van der Waals surface area contributed by atoms with Crippen LogP contribution in [0.2, 0.25) is 0 Å². The summed E-state index contributed by atoms with van der Waals surface area (Å²) in [5.41, 5.74) is 4.67. The number of hydrogen-bond acceptors (Lipinski definition) is 3. The standard InChI is InChI=1S/C18H26N2O/c1-6-10-19-18-15-11-14(21-7-2)8-9-16(15)20-13(5)17(18)12(3)4/h8-9,11-12H,6-7,10H2,1-5H3,(H,19,20). The van der Waals surface area contributed by atoms with Gasteiger partial charge in [-0.1, -0.05) is 20.8 Å². The zero-order chi connectivity index (χ0) is 15.4. The first-order chi connectivity index (χ1) is 10.1. The molecule has 114 valence electrons. The third-order valence-electron chi connectivity index (χ3n) is 3.62. The van der Waals surface area contributed by atoms with Crippen molar-refractivity contribution in [2.45, 2.75) is 47.0 Å². The highest BCUT2D eigenvalue weighted by molar-refractivity contribution is 5.94. The summed E-state index contributed by atoms with van der Waals surface area (Å²) < 4.78 is 5.65. The third kappa shape index (κ3) is 3.29. The van der Waals surface area contributed by atoms with Gasteiger partial charge in [0.15, 0.2) is 0 Å². The molecule has 1 aromatic heterocycles. The molecule has 0 aliphatic carbocycles. The number of ether oxygens (including phenoxy) is 1. The molecule has 0 aliphatic heterocycles. The van der Waals surface area contributed by atoms with Crippen LogP contribution in [0.5, 0.6) is 5.75 Å². The largest absolute Gasteiger partial charge is 0.494 e. The van der Waals surface area contributed by atoms with Crippen molar-refractivity contribution in [1.29, 1.82) is 0 Å². The van der Waals surface area contributed by atoms with E-state index in [1.165, 1.54) is 11.3 Å². The lowest BCUT2D eigenvalue weighted by Crippen LogP contribution is -2.08. The molecule has 1 aromatic carbocycles. The molecule has 0 bridgehead atoms. The zero-order valence-corrected chi connectivity index (χ0v) is 13.8. The maximum absolute atomic E-state index is 5.65. The van der Waals surface area contributed by atoms with Crippen molar-refractivity contribution in [3.05, 3.63) is 29.5 Å². The lowest BCUT2D eigenvalue weighted by atomic mass is 9.96. The molecule has 0 aliphatic rings. The number of nitrogens with one attached hydrogen (secondary N) is 1. The monoisotopic (exact) mass is 286 g/mol. The Morgan fingerprint density at radius 3 is 2.62 bits per heavy atom. The van der Waals surface area contributed by atoms with Crippen molar-refractivity contribution in [3.8, 4) is 5.75 Å². The number of fused-ring (bicyclic) bond motifs is 1. The number of nitrogens with zero attached hydrogens (tertiary/aromatic N) is 1. The van der Waals surface area contributed by atoms with E-state index < -0.39 is 0 Å². The Balaban J connectivity index is 2.66. The van der Waals surface area contributed by atoms with Gasteiger partial charge in [0.2, 0.25) is 0 Å². The van der Waals surface area contributed by atoms with Gasteiger partial charge in [0.05, 0.1) is 12.1 Å². The lowest BCUT2D eigenvalue weighted by molar-refractivity contribution is 0.340. The molecule has 2 rings (SSSR count). The molecule has 1 N–H and O–H groups in total. The van der Waals surface area contributed by atoms with Gasteiger partial charge in [-0.3, -0.25) is 4.98 Å². The topological polar surface area (TPSA) is 34.2 Å². The van der Waals surface area contributed by atoms with Crippen molar-refractivity contribution < 1.29 is 4.74 Å². The Kier molecular flexibility index (Phi) is 5.05. The summed E-state index contributed by atoms with van der Waals surface area (Å²) in [7, 11) is 0. The number of pyridine rings is 1. The Morgan fingerprint density at radius 1 is 1.24 bits per heavy atom. The molecule has 0 atom stereocenters. The van der Waals surface area contributed by atoms with Crippen LogP contribution in [0.25, 0.3) is 10.9 Å². The first-order valence-corrected chi connectivity index (χ1v) is 7.89. The maximum Gasteiger partial charge on any atom is 0.120 e. The normalized spacial score (nSPS) is 11.1. The second-order valence-electron chi connectivity index (χ2n) is 5.68. The number of hydrogen-bond donors (Lipinski definition) is 1. The van der Waals surface area contributed by atoms with Crippen LogP contribution in [0.1, 0.15) is 51.3 Å². The summed E-state index contributed by atoms with van der Waals surface area (Å²) in [6, 6.07) is 6.15. The van der Waals surface area contributed by atoms with E-state index in [9.17, 15) is 0 Å². The second-order valence-corrected chi connectivity index (χ2v) is 5.68. The molecule has 2 aromatic rings. The predicted octanol–water partition coefficient (Wildman–Crippen LogP) is 4.89. The lowest BCUT2D eigenvalue weighted by Gasteiger charge is -2.19. The Bertz CT molecular complexity index is 620. The number of aryl methyl sites for hydroxylation is 1. The predicted molar refractivity (Wildman–Crippen MR) is 90.5 cm³/mol. The molecule has 3 nitrogen and oxygen atoms in total. The molecular formula is C18H26N2O. The highest BCUT2D eigenvalue weighted by atomic mass is 16.5. The van der Waals surface area contributed by atoms with Crippen molar-refractivity contribution in [2.75, 3.05) is 18.5 Å². The van der Waals surface area contributed by atoms with Crippen molar-refractivity contribution >= 4 is 16.6 Å². The van der Waals surface area contributed by atoms with Crippen molar-refractivity contribution in [2.24, 2.45) is 0 Å². The van der Waals surface area contributed by atoms with Gasteiger partial charge in [-0.25, -0.2) is 0 Å². The minimum atomic E-state index is 0.442. The highest BCUT2D eigenvalue weighted by Gasteiger charge is 2.15. The zero-order valence-electron chi connectivity index (χ0n) is 13.8. The van der Waals surface area contributed by atoms with Gasteiger partial charge in [-0.2, -0.15) is 0 Å². The first-order valence-electron chi connectivity index (χ1n) is 7.89. The van der Waals surface area contributed by atoms with Crippen LogP contribution in [0.15, 0.2) is 18.2 Å². The first kappa shape index (κ1) is 15.6. The number of benzene rings is 1. The van der Waals surface area contributed by atoms with Crippen LogP contribution in [-0.2, 0) is 0 Å². The van der Waals surface area contributed by atoms with Crippen molar-refractivity contribution in [1.82, 2.24) is 4.98 Å².